The van der Waals surface area contributed by atoms with Crippen molar-refractivity contribution in [3.63, 3.8) is 0 Å². The summed E-state index contributed by atoms with van der Waals surface area (Å²) in [6.45, 7) is 8.67. The summed E-state index contributed by atoms with van der Waals surface area (Å²) in [5, 5.41) is 9.44. The number of carbonyl (C=O) groups is 1. The van der Waals surface area contributed by atoms with E-state index < -0.39 is 11.4 Å². The van der Waals surface area contributed by atoms with Crippen molar-refractivity contribution >= 4 is 32.9 Å². The van der Waals surface area contributed by atoms with Gasteiger partial charge in [-0.2, -0.15) is 0 Å². The van der Waals surface area contributed by atoms with Crippen LogP contribution in [-0.2, 0) is 24.4 Å². The third-order valence-corrected chi connectivity index (χ3v) is 6.71. The average molecular weight is 521 g/mol. The molecule has 0 atom stereocenters. The largest absolute Gasteiger partial charge is 0.489 e. The number of aliphatic carboxylic acids is 1. The zero-order chi connectivity index (χ0) is 24.5. The van der Waals surface area contributed by atoms with E-state index in [9.17, 15) is 9.90 Å². The Morgan fingerprint density at radius 2 is 1.82 bits per heavy atom. The molecule has 0 saturated carbocycles. The summed E-state index contributed by atoms with van der Waals surface area (Å²) in [6, 6.07) is 20.4. The van der Waals surface area contributed by atoms with Crippen molar-refractivity contribution in [1.82, 2.24) is 9.55 Å². The Labute approximate surface area is 208 Å². The van der Waals surface area contributed by atoms with Crippen LogP contribution < -0.4 is 4.74 Å². The number of carboxylic acid groups (broad SMARTS) is 1. The van der Waals surface area contributed by atoms with Crippen LogP contribution in [0.5, 0.6) is 5.75 Å². The fraction of sp³-hybridized carbons (Fsp3) is 0.286. The summed E-state index contributed by atoms with van der Waals surface area (Å²) in [7, 11) is 0. The second-order valence-corrected chi connectivity index (χ2v) is 10.3. The number of halogens is 1. The van der Waals surface area contributed by atoms with E-state index in [1.165, 1.54) is 0 Å². The van der Waals surface area contributed by atoms with Crippen LogP contribution in [-0.4, -0.2) is 20.6 Å². The van der Waals surface area contributed by atoms with Crippen molar-refractivity contribution in [2.24, 2.45) is 5.41 Å². The van der Waals surface area contributed by atoms with Crippen molar-refractivity contribution in [3.05, 3.63) is 93.2 Å². The van der Waals surface area contributed by atoms with E-state index >= 15 is 0 Å². The topological polar surface area (TPSA) is 64.4 Å². The van der Waals surface area contributed by atoms with Crippen LogP contribution in [0.4, 0.5) is 0 Å². The number of aryl methyl sites for hydroxylation is 2. The molecule has 1 heterocycles. The lowest BCUT2D eigenvalue weighted by Gasteiger charge is -2.20. The van der Waals surface area contributed by atoms with Gasteiger partial charge in [-0.15, -0.1) is 0 Å². The maximum absolute atomic E-state index is 11.5. The highest BCUT2D eigenvalue weighted by Crippen LogP contribution is 2.27. The number of imidazole rings is 1. The maximum Gasteiger partial charge on any atom is 0.309 e. The van der Waals surface area contributed by atoms with Gasteiger partial charge in [-0.05, 0) is 75.1 Å². The minimum Gasteiger partial charge on any atom is -0.489 e. The second-order valence-electron chi connectivity index (χ2n) is 9.40. The van der Waals surface area contributed by atoms with Crippen LogP contribution in [0.3, 0.4) is 0 Å². The van der Waals surface area contributed by atoms with E-state index in [-0.39, 0.29) is 0 Å². The van der Waals surface area contributed by atoms with E-state index in [1.54, 1.807) is 13.8 Å². The van der Waals surface area contributed by atoms with Crippen LogP contribution in [0.1, 0.15) is 41.9 Å². The molecule has 0 saturated heterocycles. The fourth-order valence-electron chi connectivity index (χ4n) is 4.13. The number of nitrogens with zero attached hydrogens (tertiary/aromatic N) is 2. The van der Waals surface area contributed by atoms with Crippen molar-refractivity contribution in [2.45, 2.75) is 47.3 Å². The standard InChI is InChI=1S/C28H29BrN2O3/c1-18-13-20(9-10-21(18)15-28(3,4)27(32)33)17-34-26-8-6-5-7-22(26)16-31-19(2)30-24-14-23(29)11-12-25(24)31/h5-14H,15-17H2,1-4H3,(H,32,33). The van der Waals surface area contributed by atoms with Gasteiger partial charge < -0.3 is 14.4 Å². The van der Waals surface area contributed by atoms with Gasteiger partial charge in [0.05, 0.1) is 23.0 Å². The SMILES string of the molecule is Cc1cc(COc2ccccc2Cn2c(C)nc3cc(Br)ccc32)ccc1CC(C)(C)C(=O)O. The van der Waals surface area contributed by atoms with Crippen molar-refractivity contribution < 1.29 is 14.6 Å². The maximum atomic E-state index is 11.5. The monoisotopic (exact) mass is 520 g/mol. The number of hydrogen-bond acceptors (Lipinski definition) is 3. The van der Waals surface area contributed by atoms with Crippen molar-refractivity contribution in [3.8, 4) is 5.75 Å². The number of carboxylic acids is 1. The Kier molecular flexibility index (Phi) is 6.80. The molecule has 0 fully saturated rings. The molecule has 3 aromatic carbocycles. The van der Waals surface area contributed by atoms with Crippen molar-refractivity contribution in [1.29, 1.82) is 0 Å². The van der Waals surface area contributed by atoms with Crippen LogP contribution in [0.25, 0.3) is 11.0 Å². The fourth-order valence-corrected chi connectivity index (χ4v) is 4.48. The van der Waals surface area contributed by atoms with Gasteiger partial charge >= 0.3 is 5.97 Å². The summed E-state index contributed by atoms with van der Waals surface area (Å²) in [6.07, 6.45) is 0.493. The van der Waals surface area contributed by atoms with Crippen LogP contribution in [0.15, 0.2) is 65.1 Å². The molecule has 1 N–H and O–H groups in total. The van der Waals surface area contributed by atoms with Gasteiger partial charge in [0.2, 0.25) is 0 Å². The summed E-state index contributed by atoms with van der Waals surface area (Å²) in [5.74, 6) is 1.01. The molecule has 5 nitrogen and oxygen atoms in total. The quantitative estimate of drug-likeness (QED) is 0.280. The predicted molar refractivity (Wildman–Crippen MR) is 138 cm³/mol. The number of ether oxygens (including phenoxy) is 1. The molecule has 0 aliphatic rings. The lowest BCUT2D eigenvalue weighted by Crippen LogP contribution is -2.26. The Hall–Kier alpha value is -3.12. The molecule has 0 spiro atoms. The molecule has 0 aliphatic heterocycles. The first-order valence-electron chi connectivity index (χ1n) is 11.3. The summed E-state index contributed by atoms with van der Waals surface area (Å²) in [5.41, 5.74) is 5.52. The average Bonchev–Trinajstić information content (AvgIpc) is 3.08. The first-order chi connectivity index (χ1) is 16.1. The molecule has 176 valence electrons. The molecule has 0 radical (unpaired) electrons. The number of hydrogen-bond donors (Lipinski definition) is 1. The lowest BCUT2D eigenvalue weighted by molar-refractivity contribution is -0.146. The Morgan fingerprint density at radius 3 is 2.56 bits per heavy atom. The highest BCUT2D eigenvalue weighted by atomic mass is 79.9. The molecule has 0 aliphatic carbocycles. The van der Waals surface area contributed by atoms with Gasteiger partial charge in [0, 0.05) is 10.0 Å². The number of aromatic nitrogens is 2. The lowest BCUT2D eigenvalue weighted by atomic mass is 9.84. The number of benzene rings is 3. The minimum absolute atomic E-state index is 0.442. The highest BCUT2D eigenvalue weighted by Gasteiger charge is 2.27. The number of para-hydroxylation sites is 1. The van der Waals surface area contributed by atoms with E-state index in [0.717, 1.165) is 49.3 Å². The first kappa shape index (κ1) is 24.0. The van der Waals surface area contributed by atoms with Gasteiger partial charge in [-0.25, -0.2) is 4.98 Å². The summed E-state index contributed by atoms with van der Waals surface area (Å²) >= 11 is 3.52. The van der Waals surface area contributed by atoms with Crippen LogP contribution >= 0.6 is 15.9 Å². The number of rotatable bonds is 8. The normalized spacial score (nSPS) is 11.7. The third-order valence-electron chi connectivity index (χ3n) is 6.21. The van der Waals surface area contributed by atoms with Gasteiger partial charge in [0.15, 0.2) is 0 Å². The van der Waals surface area contributed by atoms with Gasteiger partial charge in [0.1, 0.15) is 18.2 Å². The third kappa shape index (κ3) is 5.17. The van der Waals surface area contributed by atoms with Crippen LogP contribution in [0, 0.1) is 19.3 Å². The van der Waals surface area contributed by atoms with Gasteiger partial charge in [-0.1, -0.05) is 52.3 Å². The molecule has 4 rings (SSSR count). The zero-order valence-electron chi connectivity index (χ0n) is 19.9. The van der Waals surface area contributed by atoms with Crippen LogP contribution in [0.2, 0.25) is 0 Å². The smallest absolute Gasteiger partial charge is 0.309 e. The highest BCUT2D eigenvalue weighted by molar-refractivity contribution is 9.10. The second kappa shape index (κ2) is 9.63. The molecule has 4 aromatic rings. The summed E-state index contributed by atoms with van der Waals surface area (Å²) in [4.78, 5) is 16.2. The zero-order valence-corrected chi connectivity index (χ0v) is 21.5. The van der Waals surface area contributed by atoms with Gasteiger partial charge in [-0.3, -0.25) is 4.79 Å². The molecular weight excluding hydrogens is 492 g/mol. The van der Waals surface area contributed by atoms with E-state index in [2.05, 4.69) is 38.7 Å². The first-order valence-corrected chi connectivity index (χ1v) is 12.1. The summed E-state index contributed by atoms with van der Waals surface area (Å²) < 4.78 is 9.46. The Morgan fingerprint density at radius 1 is 1.06 bits per heavy atom. The molecule has 0 bridgehead atoms. The molecule has 1 aromatic heterocycles. The molecule has 34 heavy (non-hydrogen) atoms. The van der Waals surface area contributed by atoms with Gasteiger partial charge in [0.25, 0.3) is 0 Å². The number of fused-ring (bicyclic) bond motifs is 1. The molecule has 6 heteroatoms. The van der Waals surface area contributed by atoms with Crippen molar-refractivity contribution in [2.75, 3.05) is 0 Å². The predicted octanol–water partition coefficient (Wildman–Crippen LogP) is 6.70. The molecule has 0 unspecified atom stereocenters. The Bertz CT molecular complexity index is 1360. The van der Waals surface area contributed by atoms with E-state index in [0.29, 0.717) is 19.6 Å². The van der Waals surface area contributed by atoms with E-state index in [1.807, 2.05) is 56.3 Å². The Balaban J connectivity index is 1.51. The minimum atomic E-state index is -0.798. The van der Waals surface area contributed by atoms with E-state index in [4.69, 9.17) is 9.72 Å². The molecule has 0 amide bonds. The molecular formula is C28H29BrN2O3.